The molecule has 0 aromatic heterocycles. The highest BCUT2D eigenvalue weighted by atomic mass is 16.5. The van der Waals surface area contributed by atoms with Gasteiger partial charge in [0.15, 0.2) is 11.5 Å². The molecule has 5 heteroatoms. The molecule has 1 unspecified atom stereocenters. The van der Waals surface area contributed by atoms with Gasteiger partial charge in [0.05, 0.1) is 26.7 Å². The number of nitrogens with two attached hydrogens (primary N) is 1. The summed E-state index contributed by atoms with van der Waals surface area (Å²) in [6.45, 7) is 0. The molecule has 1 atom stereocenters. The molecule has 2 aromatic rings. The Balaban J connectivity index is 1.93. The highest BCUT2D eigenvalue weighted by molar-refractivity contribution is 5.99. The third-order valence-corrected chi connectivity index (χ3v) is 3.88. The van der Waals surface area contributed by atoms with Gasteiger partial charge >= 0.3 is 0 Å². The number of methoxy groups -OCH3 is 2. The molecule has 114 valence electrons. The second-order valence-electron chi connectivity index (χ2n) is 5.23. The summed E-state index contributed by atoms with van der Waals surface area (Å²) in [4.78, 5) is 11.4. The Morgan fingerprint density at radius 3 is 2.45 bits per heavy atom. The molecule has 0 spiro atoms. The second-order valence-corrected chi connectivity index (χ2v) is 5.23. The summed E-state index contributed by atoms with van der Waals surface area (Å²) in [5.41, 5.74) is 10.1. The van der Waals surface area contributed by atoms with Crippen LogP contribution in [0, 0.1) is 0 Å². The van der Waals surface area contributed by atoms with Gasteiger partial charge in [-0.2, -0.15) is 0 Å². The molecule has 22 heavy (non-hydrogen) atoms. The number of carbonyl (C=O) groups is 1. The number of benzene rings is 2. The van der Waals surface area contributed by atoms with E-state index in [9.17, 15) is 4.79 Å². The summed E-state index contributed by atoms with van der Waals surface area (Å²) in [6.07, 6.45) is 0.405. The number of rotatable bonds is 4. The van der Waals surface area contributed by atoms with Crippen molar-refractivity contribution in [2.45, 2.75) is 12.5 Å². The minimum Gasteiger partial charge on any atom is -0.493 e. The van der Waals surface area contributed by atoms with Crippen LogP contribution in [0.25, 0.3) is 0 Å². The molecule has 0 radical (unpaired) electrons. The first-order chi connectivity index (χ1) is 10.6. The maximum absolute atomic E-state index is 11.4. The molecular weight excluding hydrogens is 280 g/mol. The monoisotopic (exact) mass is 298 g/mol. The second kappa shape index (κ2) is 5.69. The van der Waals surface area contributed by atoms with Crippen molar-refractivity contribution in [1.29, 1.82) is 0 Å². The number of ether oxygens (including phenoxy) is 2. The molecule has 0 saturated carbocycles. The molecule has 1 aliphatic rings. The van der Waals surface area contributed by atoms with Crippen LogP contribution in [0.15, 0.2) is 36.4 Å². The first-order valence-corrected chi connectivity index (χ1v) is 7.02. The fourth-order valence-corrected chi connectivity index (χ4v) is 2.68. The fourth-order valence-electron chi connectivity index (χ4n) is 2.68. The Kier molecular flexibility index (Phi) is 3.73. The van der Waals surface area contributed by atoms with Crippen LogP contribution in [0.3, 0.4) is 0 Å². The summed E-state index contributed by atoms with van der Waals surface area (Å²) in [7, 11) is 3.20. The van der Waals surface area contributed by atoms with Crippen molar-refractivity contribution >= 4 is 11.6 Å². The summed E-state index contributed by atoms with van der Waals surface area (Å²) in [5, 5.41) is 2.82. The van der Waals surface area contributed by atoms with Crippen molar-refractivity contribution in [3.63, 3.8) is 0 Å². The number of anilines is 1. The number of amides is 1. The smallest absolute Gasteiger partial charge is 0.228 e. The SMILES string of the molecule is COc1ccc(C(N)c2ccc3c(c2)CC(=O)N3)cc1OC. The maximum atomic E-state index is 11.4. The number of hydrogen-bond donors (Lipinski definition) is 2. The van der Waals surface area contributed by atoms with E-state index in [2.05, 4.69) is 5.32 Å². The van der Waals surface area contributed by atoms with Gasteiger partial charge in [-0.15, -0.1) is 0 Å². The molecule has 1 aliphatic heterocycles. The van der Waals surface area contributed by atoms with Gasteiger partial charge in [0, 0.05) is 5.69 Å². The van der Waals surface area contributed by atoms with E-state index in [-0.39, 0.29) is 11.9 Å². The number of carbonyl (C=O) groups excluding carboxylic acids is 1. The van der Waals surface area contributed by atoms with Crippen LogP contribution in [0.2, 0.25) is 0 Å². The summed E-state index contributed by atoms with van der Waals surface area (Å²) in [5.74, 6) is 1.34. The lowest BCUT2D eigenvalue weighted by Crippen LogP contribution is -2.12. The van der Waals surface area contributed by atoms with E-state index in [0.29, 0.717) is 17.9 Å². The van der Waals surface area contributed by atoms with Gasteiger partial charge < -0.3 is 20.5 Å². The van der Waals surface area contributed by atoms with E-state index in [4.69, 9.17) is 15.2 Å². The maximum Gasteiger partial charge on any atom is 0.228 e. The molecule has 0 aliphatic carbocycles. The van der Waals surface area contributed by atoms with Crippen molar-refractivity contribution in [1.82, 2.24) is 0 Å². The van der Waals surface area contributed by atoms with Crippen molar-refractivity contribution in [3.8, 4) is 11.5 Å². The predicted octanol–water partition coefficient (Wildman–Crippen LogP) is 2.25. The zero-order valence-corrected chi connectivity index (χ0v) is 12.6. The molecule has 0 bridgehead atoms. The molecule has 0 saturated heterocycles. The average molecular weight is 298 g/mol. The van der Waals surface area contributed by atoms with E-state index in [0.717, 1.165) is 22.4 Å². The van der Waals surface area contributed by atoms with Crippen LogP contribution in [-0.2, 0) is 11.2 Å². The Labute approximate surface area is 129 Å². The zero-order chi connectivity index (χ0) is 15.7. The van der Waals surface area contributed by atoms with Crippen LogP contribution < -0.4 is 20.5 Å². The Bertz CT molecular complexity index is 728. The lowest BCUT2D eigenvalue weighted by molar-refractivity contribution is -0.115. The normalized spacial score (nSPS) is 14.2. The van der Waals surface area contributed by atoms with Gasteiger partial charge in [0.1, 0.15) is 0 Å². The average Bonchev–Trinajstić information content (AvgIpc) is 2.92. The number of hydrogen-bond acceptors (Lipinski definition) is 4. The third kappa shape index (κ3) is 2.51. The minimum atomic E-state index is -0.291. The number of nitrogens with one attached hydrogen (secondary N) is 1. The highest BCUT2D eigenvalue weighted by Crippen LogP contribution is 2.33. The quantitative estimate of drug-likeness (QED) is 0.908. The van der Waals surface area contributed by atoms with Gasteiger partial charge in [-0.1, -0.05) is 18.2 Å². The van der Waals surface area contributed by atoms with Crippen LogP contribution in [0.4, 0.5) is 5.69 Å². The lowest BCUT2D eigenvalue weighted by Gasteiger charge is -2.16. The summed E-state index contributed by atoms with van der Waals surface area (Å²) >= 11 is 0. The van der Waals surface area contributed by atoms with Crippen LogP contribution in [-0.4, -0.2) is 20.1 Å². The molecule has 0 fully saturated rings. The van der Waals surface area contributed by atoms with E-state index >= 15 is 0 Å². The molecular formula is C17H18N2O3. The van der Waals surface area contributed by atoms with E-state index < -0.39 is 0 Å². The molecule has 5 nitrogen and oxygen atoms in total. The van der Waals surface area contributed by atoms with Gasteiger partial charge in [-0.3, -0.25) is 4.79 Å². The zero-order valence-electron chi connectivity index (χ0n) is 12.6. The Morgan fingerprint density at radius 2 is 1.73 bits per heavy atom. The lowest BCUT2D eigenvalue weighted by atomic mass is 9.97. The molecule has 3 N–H and O–H groups in total. The van der Waals surface area contributed by atoms with E-state index in [1.807, 2.05) is 36.4 Å². The van der Waals surface area contributed by atoms with Crippen molar-refractivity contribution in [2.75, 3.05) is 19.5 Å². The van der Waals surface area contributed by atoms with Crippen molar-refractivity contribution < 1.29 is 14.3 Å². The van der Waals surface area contributed by atoms with Gasteiger partial charge in [-0.25, -0.2) is 0 Å². The fraction of sp³-hybridized carbons (Fsp3) is 0.235. The predicted molar refractivity (Wildman–Crippen MR) is 84.4 cm³/mol. The van der Waals surface area contributed by atoms with Gasteiger partial charge in [-0.05, 0) is 34.9 Å². The number of fused-ring (bicyclic) bond motifs is 1. The summed E-state index contributed by atoms with van der Waals surface area (Å²) in [6, 6.07) is 11.2. The van der Waals surface area contributed by atoms with Crippen LogP contribution >= 0.6 is 0 Å². The third-order valence-electron chi connectivity index (χ3n) is 3.88. The summed E-state index contributed by atoms with van der Waals surface area (Å²) < 4.78 is 10.6. The highest BCUT2D eigenvalue weighted by Gasteiger charge is 2.20. The first kappa shape index (κ1) is 14.4. The molecule has 2 aromatic carbocycles. The standard InChI is InChI=1S/C17H18N2O3/c1-21-14-6-4-11(8-15(14)22-2)17(18)10-3-5-13-12(7-10)9-16(20)19-13/h3-8,17H,9,18H2,1-2H3,(H,19,20). The van der Waals surface area contributed by atoms with Crippen molar-refractivity contribution in [3.05, 3.63) is 53.1 Å². The van der Waals surface area contributed by atoms with Gasteiger partial charge in [0.2, 0.25) is 5.91 Å². The van der Waals surface area contributed by atoms with E-state index in [1.165, 1.54) is 0 Å². The molecule has 1 heterocycles. The topological polar surface area (TPSA) is 73.6 Å². The Morgan fingerprint density at radius 1 is 1.05 bits per heavy atom. The van der Waals surface area contributed by atoms with Crippen LogP contribution in [0.5, 0.6) is 11.5 Å². The van der Waals surface area contributed by atoms with Crippen LogP contribution in [0.1, 0.15) is 22.7 Å². The van der Waals surface area contributed by atoms with Gasteiger partial charge in [0.25, 0.3) is 0 Å². The molecule has 3 rings (SSSR count). The first-order valence-electron chi connectivity index (χ1n) is 7.02. The Hall–Kier alpha value is -2.53. The van der Waals surface area contributed by atoms with E-state index in [1.54, 1.807) is 14.2 Å². The largest absolute Gasteiger partial charge is 0.493 e. The minimum absolute atomic E-state index is 0.0202. The molecule has 1 amide bonds. The van der Waals surface area contributed by atoms with Crippen molar-refractivity contribution in [2.24, 2.45) is 5.73 Å².